The number of benzene rings is 1. The van der Waals surface area contributed by atoms with Gasteiger partial charge in [0.2, 0.25) is 15.9 Å². The number of carbonyl (C=O) groups excluding carboxylic acids is 1. The average Bonchev–Trinajstić information content (AvgIpc) is 2.53. The average molecular weight is 393 g/mol. The van der Waals surface area contributed by atoms with E-state index in [-0.39, 0.29) is 17.5 Å². The van der Waals surface area contributed by atoms with Gasteiger partial charge in [-0.25, -0.2) is 8.42 Å². The summed E-state index contributed by atoms with van der Waals surface area (Å²) in [6.45, 7) is 0.321. The molecule has 0 aromatic heterocycles. The molecule has 134 valence electrons. The number of carbonyl (C=O) groups is 1. The highest BCUT2D eigenvalue weighted by molar-refractivity contribution is 7.92. The van der Waals surface area contributed by atoms with Crippen molar-refractivity contribution in [3.05, 3.63) is 28.2 Å². The van der Waals surface area contributed by atoms with Crippen LogP contribution in [-0.4, -0.2) is 33.7 Å². The molecule has 8 heteroatoms. The fraction of sp³-hybridized carbons (Fsp3) is 0.562. The largest absolute Gasteiger partial charge is 0.354 e. The number of anilines is 1. The Balaban J connectivity index is 2.03. The summed E-state index contributed by atoms with van der Waals surface area (Å²) in [6, 6.07) is 4.49. The molecule has 0 heterocycles. The Morgan fingerprint density at radius 1 is 1.21 bits per heavy atom. The second-order valence-corrected chi connectivity index (χ2v) is 8.90. The van der Waals surface area contributed by atoms with Crippen LogP contribution in [0, 0.1) is 5.92 Å². The van der Waals surface area contributed by atoms with Gasteiger partial charge in [0.15, 0.2) is 0 Å². The molecule has 1 amide bonds. The summed E-state index contributed by atoms with van der Waals surface area (Å²) in [6.07, 6.45) is 6.93. The minimum absolute atomic E-state index is 0.241. The minimum Gasteiger partial charge on any atom is -0.354 e. The Kier molecular flexibility index (Phi) is 6.78. The molecule has 0 saturated heterocycles. The van der Waals surface area contributed by atoms with Gasteiger partial charge in [-0.2, -0.15) is 0 Å². The standard InChI is InChI=1S/C16H22Cl2N2O3S/c1-24(22,23)20(13-7-8-14(17)15(18)9-13)11-16(21)19-10-12-5-3-2-4-6-12/h7-9,12H,2-6,10-11H2,1H3,(H,19,21). The van der Waals surface area contributed by atoms with Crippen LogP contribution in [0.4, 0.5) is 5.69 Å². The molecule has 0 atom stereocenters. The van der Waals surface area contributed by atoms with Crippen molar-refractivity contribution in [2.75, 3.05) is 23.7 Å². The number of halogens is 2. The summed E-state index contributed by atoms with van der Waals surface area (Å²) < 4.78 is 25.1. The molecule has 1 aromatic rings. The lowest BCUT2D eigenvalue weighted by Gasteiger charge is -2.24. The molecule has 0 bridgehead atoms. The molecule has 24 heavy (non-hydrogen) atoms. The minimum atomic E-state index is -3.62. The topological polar surface area (TPSA) is 66.5 Å². The van der Waals surface area contributed by atoms with Crippen LogP contribution in [0.3, 0.4) is 0 Å². The van der Waals surface area contributed by atoms with E-state index in [0.29, 0.717) is 23.2 Å². The van der Waals surface area contributed by atoms with Crippen LogP contribution < -0.4 is 9.62 Å². The Bertz CT molecular complexity index is 689. The maximum absolute atomic E-state index is 12.2. The summed E-state index contributed by atoms with van der Waals surface area (Å²) in [7, 11) is -3.62. The molecule has 1 aliphatic rings. The van der Waals surface area contributed by atoms with Crippen molar-refractivity contribution in [2.45, 2.75) is 32.1 Å². The van der Waals surface area contributed by atoms with Crippen LogP contribution in [0.25, 0.3) is 0 Å². The van der Waals surface area contributed by atoms with Crippen molar-refractivity contribution in [2.24, 2.45) is 5.92 Å². The van der Waals surface area contributed by atoms with E-state index in [9.17, 15) is 13.2 Å². The van der Waals surface area contributed by atoms with Crippen LogP contribution in [0.1, 0.15) is 32.1 Å². The summed E-state index contributed by atoms with van der Waals surface area (Å²) in [5.74, 6) is 0.163. The van der Waals surface area contributed by atoms with E-state index < -0.39 is 10.0 Å². The second kappa shape index (κ2) is 8.41. The van der Waals surface area contributed by atoms with E-state index in [4.69, 9.17) is 23.2 Å². The molecule has 0 unspecified atom stereocenters. The first-order chi connectivity index (χ1) is 11.3. The van der Waals surface area contributed by atoms with Crippen LogP contribution in [0.2, 0.25) is 10.0 Å². The molecule has 1 fully saturated rings. The number of amides is 1. The quantitative estimate of drug-likeness (QED) is 0.805. The third kappa shape index (κ3) is 5.53. The first kappa shape index (κ1) is 19.3. The molecule has 1 aliphatic carbocycles. The first-order valence-electron chi connectivity index (χ1n) is 7.97. The normalized spacial score (nSPS) is 16.0. The van der Waals surface area contributed by atoms with Gasteiger partial charge in [0, 0.05) is 6.54 Å². The lowest BCUT2D eigenvalue weighted by Crippen LogP contribution is -2.41. The number of nitrogens with one attached hydrogen (secondary N) is 1. The van der Waals surface area contributed by atoms with Gasteiger partial charge in [0.25, 0.3) is 0 Å². The predicted octanol–water partition coefficient (Wildman–Crippen LogP) is 3.46. The van der Waals surface area contributed by atoms with Crippen molar-refractivity contribution in [1.82, 2.24) is 5.32 Å². The molecule has 1 N–H and O–H groups in total. The van der Waals surface area contributed by atoms with E-state index in [1.807, 2.05) is 0 Å². The van der Waals surface area contributed by atoms with Gasteiger partial charge < -0.3 is 5.32 Å². The van der Waals surface area contributed by atoms with Crippen molar-refractivity contribution < 1.29 is 13.2 Å². The van der Waals surface area contributed by atoms with E-state index in [1.165, 1.54) is 37.5 Å². The van der Waals surface area contributed by atoms with Gasteiger partial charge in [-0.05, 0) is 37.0 Å². The van der Waals surface area contributed by atoms with Crippen LogP contribution in [0.15, 0.2) is 18.2 Å². The van der Waals surface area contributed by atoms with Crippen molar-refractivity contribution in [1.29, 1.82) is 0 Å². The maximum atomic E-state index is 12.2. The lowest BCUT2D eigenvalue weighted by molar-refractivity contribution is -0.119. The smallest absolute Gasteiger partial charge is 0.240 e. The third-order valence-corrected chi connectivity index (χ3v) is 6.07. The zero-order valence-corrected chi connectivity index (χ0v) is 15.9. The third-order valence-electron chi connectivity index (χ3n) is 4.19. The predicted molar refractivity (Wildman–Crippen MR) is 98.2 cm³/mol. The van der Waals surface area contributed by atoms with Crippen LogP contribution >= 0.6 is 23.2 Å². The Morgan fingerprint density at radius 3 is 2.46 bits per heavy atom. The fourth-order valence-electron chi connectivity index (χ4n) is 2.88. The molecule has 1 aromatic carbocycles. The fourth-order valence-corrected chi connectivity index (χ4v) is 4.02. The highest BCUT2D eigenvalue weighted by Gasteiger charge is 2.22. The highest BCUT2D eigenvalue weighted by Crippen LogP contribution is 2.28. The number of rotatable bonds is 6. The van der Waals surface area contributed by atoms with Crippen LogP contribution in [0.5, 0.6) is 0 Å². The molecular formula is C16H22Cl2N2O3S. The van der Waals surface area contributed by atoms with Gasteiger partial charge in [0.05, 0.1) is 22.0 Å². The molecule has 0 radical (unpaired) electrons. The summed E-state index contributed by atoms with van der Waals surface area (Å²) in [5, 5.41) is 3.42. The SMILES string of the molecule is CS(=O)(=O)N(CC(=O)NCC1CCCCC1)c1ccc(Cl)c(Cl)c1. The molecule has 0 aliphatic heterocycles. The number of hydrogen-bond donors (Lipinski definition) is 1. The summed E-state index contributed by atoms with van der Waals surface area (Å²) in [5.41, 5.74) is 0.319. The zero-order chi connectivity index (χ0) is 17.7. The van der Waals surface area contributed by atoms with E-state index >= 15 is 0 Å². The van der Waals surface area contributed by atoms with E-state index in [1.54, 1.807) is 0 Å². The molecule has 1 saturated carbocycles. The van der Waals surface area contributed by atoms with E-state index in [0.717, 1.165) is 23.4 Å². The zero-order valence-electron chi connectivity index (χ0n) is 13.6. The lowest BCUT2D eigenvalue weighted by atomic mass is 9.89. The Hall–Kier alpha value is -0.980. The molecule has 0 spiro atoms. The van der Waals surface area contributed by atoms with Gasteiger partial charge in [0.1, 0.15) is 6.54 Å². The molecule has 2 rings (SSSR count). The highest BCUT2D eigenvalue weighted by atomic mass is 35.5. The number of hydrogen-bond acceptors (Lipinski definition) is 3. The van der Waals surface area contributed by atoms with Gasteiger partial charge in [-0.15, -0.1) is 0 Å². The first-order valence-corrected chi connectivity index (χ1v) is 10.6. The van der Waals surface area contributed by atoms with Gasteiger partial charge >= 0.3 is 0 Å². The molecular weight excluding hydrogens is 371 g/mol. The van der Waals surface area contributed by atoms with Gasteiger partial charge in [-0.3, -0.25) is 9.10 Å². The van der Waals surface area contributed by atoms with Gasteiger partial charge in [-0.1, -0.05) is 42.5 Å². The second-order valence-electron chi connectivity index (χ2n) is 6.18. The van der Waals surface area contributed by atoms with Crippen molar-refractivity contribution in [3.8, 4) is 0 Å². The number of nitrogens with zero attached hydrogens (tertiary/aromatic N) is 1. The molecule has 5 nitrogen and oxygen atoms in total. The van der Waals surface area contributed by atoms with Crippen molar-refractivity contribution >= 4 is 44.8 Å². The summed E-state index contributed by atoms with van der Waals surface area (Å²) >= 11 is 11.8. The Morgan fingerprint density at radius 2 is 1.88 bits per heavy atom. The number of sulfonamides is 1. The maximum Gasteiger partial charge on any atom is 0.240 e. The Labute approximate surface area is 153 Å². The monoisotopic (exact) mass is 392 g/mol. The van der Waals surface area contributed by atoms with E-state index in [2.05, 4.69) is 5.32 Å². The summed E-state index contributed by atoms with van der Waals surface area (Å²) in [4.78, 5) is 12.2. The van der Waals surface area contributed by atoms with Crippen LogP contribution in [-0.2, 0) is 14.8 Å². The van der Waals surface area contributed by atoms with Crippen molar-refractivity contribution in [3.63, 3.8) is 0 Å².